The van der Waals surface area contributed by atoms with Gasteiger partial charge in [0.2, 0.25) is 0 Å². The Morgan fingerprint density at radius 1 is 1.27 bits per heavy atom. The highest BCUT2D eigenvalue weighted by Gasteiger charge is 2.26. The predicted molar refractivity (Wildman–Crippen MR) is 116 cm³/mol. The van der Waals surface area contributed by atoms with Crippen molar-refractivity contribution < 1.29 is 9.53 Å². The molecular weight excluding hydrogens is 378 g/mol. The summed E-state index contributed by atoms with van der Waals surface area (Å²) in [6.07, 6.45) is 14.1. The number of hydrogen-bond acceptors (Lipinski definition) is 5. The van der Waals surface area contributed by atoms with Crippen molar-refractivity contribution in [3.05, 3.63) is 30.9 Å². The molecule has 0 radical (unpaired) electrons. The molecule has 7 heteroatoms. The van der Waals surface area contributed by atoms with Crippen molar-refractivity contribution in [2.45, 2.75) is 72.6 Å². The van der Waals surface area contributed by atoms with Gasteiger partial charge in [0.1, 0.15) is 0 Å². The third-order valence-corrected chi connectivity index (χ3v) is 6.13. The van der Waals surface area contributed by atoms with E-state index in [9.17, 15) is 4.79 Å². The largest absolute Gasteiger partial charge is 0.443 e. The van der Waals surface area contributed by atoms with Crippen molar-refractivity contribution in [1.82, 2.24) is 24.5 Å². The summed E-state index contributed by atoms with van der Waals surface area (Å²) < 4.78 is 9.40. The van der Waals surface area contributed by atoms with Gasteiger partial charge >= 0.3 is 5.97 Å². The zero-order valence-corrected chi connectivity index (χ0v) is 18.3. The second kappa shape index (κ2) is 8.20. The number of carbonyl (C=O) groups is 1. The summed E-state index contributed by atoms with van der Waals surface area (Å²) >= 11 is 0. The average Bonchev–Trinajstić information content (AvgIpc) is 3.47. The number of hydrogen-bond donors (Lipinski definition) is 0. The normalized spacial score (nSPS) is 16.3. The van der Waals surface area contributed by atoms with E-state index in [4.69, 9.17) is 9.84 Å². The minimum Gasteiger partial charge on any atom is -0.443 e. The summed E-state index contributed by atoms with van der Waals surface area (Å²) in [4.78, 5) is 12.1. The first-order chi connectivity index (χ1) is 14.4. The molecule has 3 aromatic rings. The molecule has 0 amide bonds. The Labute approximate surface area is 177 Å². The first kappa shape index (κ1) is 20.6. The van der Waals surface area contributed by atoms with Crippen LogP contribution in [0.25, 0.3) is 22.2 Å². The number of carbonyl (C=O) groups excluding carboxylic acids is 1. The van der Waals surface area contributed by atoms with Gasteiger partial charge in [-0.2, -0.15) is 10.2 Å². The molecule has 160 valence electrons. The number of rotatable bonds is 6. The van der Waals surface area contributed by atoms with E-state index in [0.717, 1.165) is 28.9 Å². The molecule has 4 rings (SSSR count). The minimum atomic E-state index is -0.538. The maximum atomic E-state index is 12.1. The highest BCUT2D eigenvalue weighted by Crippen LogP contribution is 2.37. The lowest BCUT2D eigenvalue weighted by molar-refractivity contribution is -0.156. The molecule has 0 aromatic carbocycles. The van der Waals surface area contributed by atoms with Crippen LogP contribution in [-0.2, 0) is 16.3 Å². The number of fused-ring (bicyclic) bond motifs is 1. The number of ether oxygens (including phenoxy) is 1. The van der Waals surface area contributed by atoms with Gasteiger partial charge in [-0.05, 0) is 52.0 Å². The van der Waals surface area contributed by atoms with Gasteiger partial charge in [0.05, 0.1) is 23.9 Å². The van der Waals surface area contributed by atoms with E-state index >= 15 is 0 Å². The summed E-state index contributed by atoms with van der Waals surface area (Å²) in [5, 5.41) is 14.2. The zero-order valence-electron chi connectivity index (χ0n) is 18.3. The van der Waals surface area contributed by atoms with Crippen LogP contribution < -0.4 is 0 Å². The van der Waals surface area contributed by atoms with Crippen LogP contribution in [0, 0.1) is 11.3 Å². The highest BCUT2D eigenvalue weighted by molar-refractivity contribution is 5.92. The molecule has 0 spiro atoms. The van der Waals surface area contributed by atoms with E-state index in [0.29, 0.717) is 11.7 Å². The summed E-state index contributed by atoms with van der Waals surface area (Å²) in [5.74, 6) is 0.476. The minimum absolute atomic E-state index is 0.122. The number of nitrogens with zero attached hydrogens (tertiary/aromatic N) is 5. The predicted octanol–water partition coefficient (Wildman–Crippen LogP) is 4.98. The van der Waals surface area contributed by atoms with Crippen LogP contribution in [0.15, 0.2) is 30.9 Å². The van der Waals surface area contributed by atoms with Crippen molar-refractivity contribution in [1.29, 1.82) is 0 Å². The SMILES string of the molecule is CCC(C1CCCC1)n1cc(-c2cnnc3c2ccn3COC(=O)C(C)(C)C)cn1. The average molecular weight is 410 g/mol. The van der Waals surface area contributed by atoms with Gasteiger partial charge in [-0.25, -0.2) is 0 Å². The molecule has 0 N–H and O–H groups in total. The fourth-order valence-corrected chi connectivity index (χ4v) is 4.41. The van der Waals surface area contributed by atoms with Crippen LogP contribution in [0.3, 0.4) is 0 Å². The topological polar surface area (TPSA) is 74.8 Å². The van der Waals surface area contributed by atoms with Gasteiger partial charge in [0, 0.05) is 28.9 Å². The molecule has 1 fully saturated rings. The maximum absolute atomic E-state index is 12.1. The molecule has 3 heterocycles. The van der Waals surface area contributed by atoms with Gasteiger partial charge in [0.15, 0.2) is 12.4 Å². The third-order valence-electron chi connectivity index (χ3n) is 6.13. The van der Waals surface area contributed by atoms with Crippen molar-refractivity contribution in [3.8, 4) is 11.1 Å². The Bertz CT molecular complexity index is 1020. The molecule has 30 heavy (non-hydrogen) atoms. The summed E-state index contributed by atoms with van der Waals surface area (Å²) in [7, 11) is 0. The van der Waals surface area contributed by atoms with Crippen LogP contribution in [-0.4, -0.2) is 30.5 Å². The van der Waals surface area contributed by atoms with E-state index in [2.05, 4.69) is 28.0 Å². The van der Waals surface area contributed by atoms with Gasteiger partial charge in [-0.15, -0.1) is 5.10 Å². The molecule has 0 bridgehead atoms. The first-order valence-electron chi connectivity index (χ1n) is 10.9. The lowest BCUT2D eigenvalue weighted by atomic mass is 9.96. The Morgan fingerprint density at radius 3 is 2.73 bits per heavy atom. The van der Waals surface area contributed by atoms with Gasteiger partial charge in [-0.3, -0.25) is 14.0 Å². The summed E-state index contributed by atoms with van der Waals surface area (Å²) in [6.45, 7) is 7.89. The fraction of sp³-hybridized carbons (Fsp3) is 0.565. The van der Waals surface area contributed by atoms with Crippen molar-refractivity contribution in [2.24, 2.45) is 11.3 Å². The van der Waals surface area contributed by atoms with E-state index in [-0.39, 0.29) is 12.7 Å². The van der Waals surface area contributed by atoms with Crippen LogP contribution in [0.1, 0.15) is 65.8 Å². The molecule has 0 saturated heterocycles. The smallest absolute Gasteiger partial charge is 0.312 e. The molecule has 3 aromatic heterocycles. The Hall–Kier alpha value is -2.70. The van der Waals surface area contributed by atoms with E-state index in [1.165, 1.54) is 25.7 Å². The van der Waals surface area contributed by atoms with Crippen LogP contribution in [0.5, 0.6) is 0 Å². The molecule has 0 aliphatic heterocycles. The van der Waals surface area contributed by atoms with Gasteiger partial charge in [0.25, 0.3) is 0 Å². The quantitative estimate of drug-likeness (QED) is 0.537. The molecule has 1 unspecified atom stereocenters. The fourth-order valence-electron chi connectivity index (χ4n) is 4.41. The summed E-state index contributed by atoms with van der Waals surface area (Å²) in [5.41, 5.74) is 2.19. The zero-order chi connectivity index (χ0) is 21.3. The Balaban J connectivity index is 1.59. The Morgan fingerprint density at radius 2 is 2.03 bits per heavy atom. The highest BCUT2D eigenvalue weighted by atomic mass is 16.5. The number of aromatic nitrogens is 5. The standard InChI is InChI=1S/C23H31N5O2/c1-5-20(16-8-6-7-9-16)28-14-17(12-25-28)19-13-24-26-21-18(19)10-11-27(21)15-30-22(29)23(2,3)4/h10-14,16,20H,5-9,15H2,1-4H3. The van der Waals surface area contributed by atoms with Crippen molar-refractivity contribution in [2.75, 3.05) is 0 Å². The maximum Gasteiger partial charge on any atom is 0.312 e. The summed E-state index contributed by atoms with van der Waals surface area (Å²) in [6, 6.07) is 2.45. The second-order valence-corrected chi connectivity index (χ2v) is 9.32. The first-order valence-corrected chi connectivity index (χ1v) is 10.9. The molecule has 7 nitrogen and oxygen atoms in total. The van der Waals surface area contributed by atoms with Crippen molar-refractivity contribution >= 4 is 17.0 Å². The lowest BCUT2D eigenvalue weighted by Crippen LogP contribution is -2.23. The van der Waals surface area contributed by atoms with Gasteiger partial charge < -0.3 is 4.74 Å². The molecule has 1 aliphatic carbocycles. The van der Waals surface area contributed by atoms with E-state index in [1.54, 1.807) is 6.20 Å². The third kappa shape index (κ3) is 3.98. The number of esters is 1. The monoisotopic (exact) mass is 409 g/mol. The molecular formula is C23H31N5O2. The van der Waals surface area contributed by atoms with E-state index < -0.39 is 5.41 Å². The van der Waals surface area contributed by atoms with Crippen molar-refractivity contribution in [3.63, 3.8) is 0 Å². The Kier molecular flexibility index (Phi) is 5.62. The lowest BCUT2D eigenvalue weighted by Gasteiger charge is -2.22. The van der Waals surface area contributed by atoms with E-state index in [1.807, 2.05) is 43.8 Å². The van der Waals surface area contributed by atoms with Crippen LogP contribution >= 0.6 is 0 Å². The molecule has 1 saturated carbocycles. The molecule has 1 aliphatic rings. The van der Waals surface area contributed by atoms with Gasteiger partial charge in [-0.1, -0.05) is 19.8 Å². The molecule has 1 atom stereocenters. The second-order valence-electron chi connectivity index (χ2n) is 9.32. The van der Waals surface area contributed by atoms with Crippen LogP contribution in [0.4, 0.5) is 0 Å². The van der Waals surface area contributed by atoms with Crippen LogP contribution in [0.2, 0.25) is 0 Å².